The second-order valence-corrected chi connectivity index (χ2v) is 7.82. The molecule has 26 heavy (non-hydrogen) atoms. The van der Waals surface area contributed by atoms with E-state index in [-0.39, 0.29) is 5.91 Å². The third-order valence-electron chi connectivity index (χ3n) is 5.90. The molecule has 136 valence electrons. The molecule has 0 radical (unpaired) electrons. The van der Waals surface area contributed by atoms with E-state index >= 15 is 0 Å². The molecule has 3 heteroatoms. The van der Waals surface area contributed by atoms with Crippen molar-refractivity contribution in [3.63, 3.8) is 0 Å². The molecule has 2 aromatic carbocycles. The van der Waals surface area contributed by atoms with Gasteiger partial charge in [0.25, 0.3) is 5.91 Å². The van der Waals surface area contributed by atoms with Gasteiger partial charge in [0.2, 0.25) is 0 Å². The van der Waals surface area contributed by atoms with Crippen molar-refractivity contribution in [2.24, 2.45) is 5.92 Å². The highest BCUT2D eigenvalue weighted by atomic mass is 16.1. The van der Waals surface area contributed by atoms with Crippen molar-refractivity contribution >= 4 is 5.91 Å². The lowest BCUT2D eigenvalue weighted by Crippen LogP contribution is -2.39. The van der Waals surface area contributed by atoms with Crippen LogP contribution in [-0.2, 0) is 0 Å². The molecule has 4 rings (SSSR count). The fraction of sp³-hybridized carbons (Fsp3) is 0.435. The van der Waals surface area contributed by atoms with Crippen LogP contribution in [0, 0.1) is 5.92 Å². The molecule has 0 saturated heterocycles. The molecule has 0 unspecified atom stereocenters. The Hall–Kier alpha value is -2.13. The molecule has 0 aromatic heterocycles. The number of nitrogens with one attached hydrogen (secondary N) is 2. The van der Waals surface area contributed by atoms with Gasteiger partial charge in [-0.25, -0.2) is 0 Å². The molecule has 2 N–H and O–H groups in total. The average molecular weight is 348 g/mol. The lowest BCUT2D eigenvalue weighted by Gasteiger charge is -2.29. The van der Waals surface area contributed by atoms with Crippen molar-refractivity contribution in [1.29, 1.82) is 0 Å². The summed E-state index contributed by atoms with van der Waals surface area (Å²) in [6, 6.07) is 21.4. The molecule has 2 aromatic rings. The molecule has 2 saturated carbocycles. The summed E-state index contributed by atoms with van der Waals surface area (Å²) in [5, 5.41) is 6.97. The smallest absolute Gasteiger partial charge is 0.251 e. The van der Waals surface area contributed by atoms with E-state index in [1.165, 1.54) is 24.8 Å². The maximum absolute atomic E-state index is 12.3. The van der Waals surface area contributed by atoms with Gasteiger partial charge < -0.3 is 10.6 Å². The zero-order chi connectivity index (χ0) is 17.8. The Morgan fingerprint density at radius 1 is 0.885 bits per heavy atom. The predicted molar refractivity (Wildman–Crippen MR) is 105 cm³/mol. The van der Waals surface area contributed by atoms with E-state index < -0.39 is 0 Å². The fourth-order valence-electron chi connectivity index (χ4n) is 4.18. The highest BCUT2D eigenvalue weighted by molar-refractivity contribution is 5.94. The van der Waals surface area contributed by atoms with Gasteiger partial charge in [-0.1, -0.05) is 48.5 Å². The molecular weight excluding hydrogens is 320 g/mol. The SMILES string of the molecule is O=C(N[C@H]1CC[C@H](CN[C@@H]2C[C@H]2c2ccccc2)CC1)c1ccccc1. The number of rotatable bonds is 6. The van der Waals surface area contributed by atoms with Crippen LogP contribution in [0.3, 0.4) is 0 Å². The molecule has 2 fully saturated rings. The van der Waals surface area contributed by atoms with Gasteiger partial charge in [-0.2, -0.15) is 0 Å². The lowest BCUT2D eigenvalue weighted by molar-refractivity contribution is 0.0922. The number of hydrogen-bond donors (Lipinski definition) is 2. The third-order valence-corrected chi connectivity index (χ3v) is 5.90. The van der Waals surface area contributed by atoms with E-state index in [0.717, 1.165) is 30.9 Å². The maximum Gasteiger partial charge on any atom is 0.251 e. The van der Waals surface area contributed by atoms with Crippen molar-refractivity contribution in [3.05, 3.63) is 71.8 Å². The quantitative estimate of drug-likeness (QED) is 0.824. The second kappa shape index (κ2) is 8.05. The Labute approximate surface area is 156 Å². The summed E-state index contributed by atoms with van der Waals surface area (Å²) < 4.78 is 0. The van der Waals surface area contributed by atoms with Crippen LogP contribution in [-0.4, -0.2) is 24.5 Å². The van der Waals surface area contributed by atoms with Gasteiger partial charge in [0.1, 0.15) is 0 Å². The lowest BCUT2D eigenvalue weighted by atomic mass is 9.86. The van der Waals surface area contributed by atoms with Crippen LogP contribution in [0.25, 0.3) is 0 Å². The van der Waals surface area contributed by atoms with Crippen LogP contribution in [0.4, 0.5) is 0 Å². The molecule has 2 aliphatic rings. The second-order valence-electron chi connectivity index (χ2n) is 7.82. The molecule has 2 atom stereocenters. The summed E-state index contributed by atoms with van der Waals surface area (Å²) >= 11 is 0. The van der Waals surface area contributed by atoms with Crippen LogP contribution < -0.4 is 10.6 Å². The molecule has 3 nitrogen and oxygen atoms in total. The standard InChI is InChI=1S/C23H28N2O/c26-23(19-9-5-2-6-10-19)25-20-13-11-17(12-14-20)16-24-22-15-21(22)18-7-3-1-4-8-18/h1-10,17,20-22,24H,11-16H2,(H,25,26)/t17-,20-,21-,22+/m0/s1. The van der Waals surface area contributed by atoms with Crippen LogP contribution in [0.5, 0.6) is 0 Å². The third kappa shape index (κ3) is 4.34. The number of benzene rings is 2. The van der Waals surface area contributed by atoms with E-state index in [1.54, 1.807) is 0 Å². The molecule has 0 spiro atoms. The Morgan fingerprint density at radius 3 is 2.23 bits per heavy atom. The number of carbonyl (C=O) groups excluding carboxylic acids is 1. The van der Waals surface area contributed by atoms with Crippen molar-refractivity contribution < 1.29 is 4.79 Å². The Bertz CT molecular complexity index is 708. The van der Waals surface area contributed by atoms with Crippen molar-refractivity contribution in [2.45, 2.75) is 50.1 Å². The topological polar surface area (TPSA) is 41.1 Å². The predicted octanol–water partition coefficient (Wildman–Crippen LogP) is 4.12. The average Bonchev–Trinajstić information content (AvgIpc) is 3.48. The van der Waals surface area contributed by atoms with Crippen LogP contribution in [0.15, 0.2) is 60.7 Å². The van der Waals surface area contributed by atoms with E-state index in [1.807, 2.05) is 30.3 Å². The number of amides is 1. The summed E-state index contributed by atoms with van der Waals surface area (Å²) in [6.45, 7) is 1.12. The van der Waals surface area contributed by atoms with E-state index in [0.29, 0.717) is 18.0 Å². The van der Waals surface area contributed by atoms with Gasteiger partial charge in [-0.05, 0) is 62.3 Å². The molecule has 0 bridgehead atoms. The zero-order valence-electron chi connectivity index (χ0n) is 15.2. The summed E-state index contributed by atoms with van der Waals surface area (Å²) in [7, 11) is 0. The van der Waals surface area contributed by atoms with Crippen LogP contribution in [0.1, 0.15) is 53.9 Å². The molecule has 0 aliphatic heterocycles. The summed E-state index contributed by atoms with van der Waals surface area (Å²) in [4.78, 5) is 12.3. The first-order valence-electron chi connectivity index (χ1n) is 9.94. The minimum Gasteiger partial charge on any atom is -0.349 e. The maximum atomic E-state index is 12.3. The van der Waals surface area contributed by atoms with Gasteiger partial charge in [-0.3, -0.25) is 4.79 Å². The molecular formula is C23H28N2O. The van der Waals surface area contributed by atoms with Crippen LogP contribution in [0.2, 0.25) is 0 Å². The fourth-order valence-corrected chi connectivity index (χ4v) is 4.18. The first kappa shape index (κ1) is 17.3. The van der Waals surface area contributed by atoms with E-state index in [2.05, 4.69) is 41.0 Å². The highest BCUT2D eigenvalue weighted by Crippen LogP contribution is 2.40. The molecule has 1 amide bonds. The van der Waals surface area contributed by atoms with E-state index in [4.69, 9.17) is 0 Å². The summed E-state index contributed by atoms with van der Waals surface area (Å²) in [6.07, 6.45) is 5.87. The van der Waals surface area contributed by atoms with Gasteiger partial charge in [0.15, 0.2) is 0 Å². The monoisotopic (exact) mass is 348 g/mol. The van der Waals surface area contributed by atoms with Crippen molar-refractivity contribution in [2.75, 3.05) is 6.54 Å². The largest absolute Gasteiger partial charge is 0.349 e. The van der Waals surface area contributed by atoms with Crippen LogP contribution >= 0.6 is 0 Å². The number of carbonyl (C=O) groups is 1. The van der Waals surface area contributed by atoms with Crippen molar-refractivity contribution in [1.82, 2.24) is 10.6 Å². The molecule has 0 heterocycles. The summed E-state index contributed by atoms with van der Waals surface area (Å²) in [5.41, 5.74) is 2.23. The molecule has 2 aliphatic carbocycles. The van der Waals surface area contributed by atoms with Gasteiger partial charge in [0.05, 0.1) is 0 Å². The minimum absolute atomic E-state index is 0.0656. The Morgan fingerprint density at radius 2 is 1.54 bits per heavy atom. The van der Waals surface area contributed by atoms with Gasteiger partial charge >= 0.3 is 0 Å². The van der Waals surface area contributed by atoms with Gasteiger partial charge in [-0.15, -0.1) is 0 Å². The van der Waals surface area contributed by atoms with E-state index in [9.17, 15) is 4.79 Å². The number of hydrogen-bond acceptors (Lipinski definition) is 2. The highest BCUT2D eigenvalue weighted by Gasteiger charge is 2.38. The Balaban J connectivity index is 1.16. The first-order valence-corrected chi connectivity index (χ1v) is 9.94. The minimum atomic E-state index is 0.0656. The Kier molecular flexibility index (Phi) is 5.35. The van der Waals surface area contributed by atoms with Crippen molar-refractivity contribution in [3.8, 4) is 0 Å². The normalized spacial score (nSPS) is 27.7. The first-order chi connectivity index (χ1) is 12.8. The van der Waals surface area contributed by atoms with Gasteiger partial charge in [0, 0.05) is 23.6 Å². The summed E-state index contributed by atoms with van der Waals surface area (Å²) in [5.74, 6) is 1.52. The zero-order valence-corrected chi connectivity index (χ0v) is 15.2.